The van der Waals surface area contributed by atoms with Crippen molar-refractivity contribution in [3.8, 4) is 11.4 Å². The number of thioether (sulfide) groups is 1. The average molecular weight is 308 g/mol. The molecule has 112 valence electrons. The number of aromatic nitrogens is 4. The Morgan fingerprint density at radius 2 is 2.10 bits per heavy atom. The highest BCUT2D eigenvalue weighted by molar-refractivity contribution is 8.00. The third-order valence-corrected chi connectivity index (χ3v) is 3.98. The highest BCUT2D eigenvalue weighted by Crippen LogP contribution is 2.26. The van der Waals surface area contributed by atoms with Crippen molar-refractivity contribution in [1.29, 1.82) is 0 Å². The molecule has 2 aromatic rings. The molecule has 0 spiro atoms. The third-order valence-electron chi connectivity index (χ3n) is 2.70. The number of carbonyl (C=O) groups excluding carboxylic acids is 1. The van der Waals surface area contributed by atoms with E-state index in [1.807, 2.05) is 6.92 Å². The number of tetrazole rings is 1. The van der Waals surface area contributed by atoms with Crippen LogP contribution < -0.4 is 0 Å². The summed E-state index contributed by atoms with van der Waals surface area (Å²) in [7, 11) is 0. The first-order chi connectivity index (χ1) is 10.2. The summed E-state index contributed by atoms with van der Waals surface area (Å²) in [4.78, 5) is 11.8. The molecule has 0 aliphatic rings. The van der Waals surface area contributed by atoms with Crippen LogP contribution in [0.1, 0.15) is 20.3 Å². The molecule has 8 heteroatoms. The summed E-state index contributed by atoms with van der Waals surface area (Å²) in [6.45, 7) is 4.03. The van der Waals surface area contributed by atoms with Gasteiger partial charge in [-0.1, -0.05) is 18.7 Å². The predicted molar refractivity (Wildman–Crippen MR) is 77.4 cm³/mol. The first-order valence-electron chi connectivity index (χ1n) is 6.56. The Morgan fingerprint density at radius 3 is 2.71 bits per heavy atom. The molecule has 1 aromatic carbocycles. The van der Waals surface area contributed by atoms with Gasteiger partial charge in [-0.3, -0.25) is 4.79 Å². The molecule has 1 unspecified atom stereocenters. The Kier molecular flexibility index (Phi) is 5.15. The Morgan fingerprint density at radius 1 is 1.38 bits per heavy atom. The first kappa shape index (κ1) is 15.3. The Balaban J connectivity index is 2.20. The molecule has 0 fully saturated rings. The molecule has 0 aliphatic carbocycles. The monoisotopic (exact) mass is 308 g/mol. The summed E-state index contributed by atoms with van der Waals surface area (Å²) in [5, 5.41) is 20.9. The summed E-state index contributed by atoms with van der Waals surface area (Å²) >= 11 is 1.26. The maximum absolute atomic E-state index is 11.8. The molecular weight excluding hydrogens is 292 g/mol. The normalized spacial score (nSPS) is 12.1. The number of rotatable bonds is 6. The van der Waals surface area contributed by atoms with Crippen LogP contribution in [0.4, 0.5) is 0 Å². The lowest BCUT2D eigenvalue weighted by Gasteiger charge is -2.12. The minimum absolute atomic E-state index is 0.166. The van der Waals surface area contributed by atoms with Gasteiger partial charge in [0, 0.05) is 0 Å². The van der Waals surface area contributed by atoms with Gasteiger partial charge in [0.05, 0.1) is 12.3 Å². The zero-order chi connectivity index (χ0) is 15.2. The third kappa shape index (κ3) is 3.72. The average Bonchev–Trinajstić information content (AvgIpc) is 2.94. The highest BCUT2D eigenvalue weighted by atomic mass is 32.2. The standard InChI is InChI=1S/C13H16N4O3S/c1-3-11(12(19)20-4-2)21-13-14-15-16-17(13)9-5-7-10(18)8-6-9/h5-8,11,18H,3-4H2,1-2H3. The SMILES string of the molecule is CCOC(=O)C(CC)Sc1nnnn1-c1ccc(O)cc1. The zero-order valence-corrected chi connectivity index (χ0v) is 12.6. The van der Waals surface area contributed by atoms with Crippen LogP contribution in [0.15, 0.2) is 29.4 Å². The van der Waals surface area contributed by atoms with E-state index in [1.54, 1.807) is 31.2 Å². The molecule has 0 saturated heterocycles. The molecule has 0 bridgehead atoms. The van der Waals surface area contributed by atoms with Crippen LogP contribution in [0, 0.1) is 0 Å². The van der Waals surface area contributed by atoms with Crippen LogP contribution in [-0.2, 0) is 9.53 Å². The fraction of sp³-hybridized carbons (Fsp3) is 0.385. The predicted octanol–water partition coefficient (Wildman–Crippen LogP) is 1.80. The van der Waals surface area contributed by atoms with E-state index < -0.39 is 0 Å². The number of hydrogen-bond donors (Lipinski definition) is 1. The molecule has 0 amide bonds. The van der Waals surface area contributed by atoms with Crippen LogP contribution >= 0.6 is 11.8 Å². The first-order valence-corrected chi connectivity index (χ1v) is 7.44. The van der Waals surface area contributed by atoms with Crippen molar-refractivity contribution < 1.29 is 14.6 Å². The number of ether oxygens (including phenoxy) is 1. The van der Waals surface area contributed by atoms with E-state index in [1.165, 1.54) is 16.4 Å². The van der Waals surface area contributed by atoms with Crippen molar-refractivity contribution in [3.63, 3.8) is 0 Å². The molecule has 0 saturated carbocycles. The van der Waals surface area contributed by atoms with Crippen LogP contribution in [-0.4, -0.2) is 43.1 Å². The number of nitrogens with zero attached hydrogens (tertiary/aromatic N) is 4. The lowest BCUT2D eigenvalue weighted by molar-refractivity contribution is -0.142. The van der Waals surface area contributed by atoms with E-state index in [9.17, 15) is 9.90 Å². The van der Waals surface area contributed by atoms with E-state index >= 15 is 0 Å². The number of hydrogen-bond acceptors (Lipinski definition) is 7. The van der Waals surface area contributed by atoms with Crippen molar-refractivity contribution in [2.45, 2.75) is 30.7 Å². The van der Waals surface area contributed by atoms with Gasteiger partial charge >= 0.3 is 5.97 Å². The molecule has 1 heterocycles. The summed E-state index contributed by atoms with van der Waals surface area (Å²) in [6, 6.07) is 6.49. The van der Waals surface area contributed by atoms with E-state index in [4.69, 9.17) is 4.74 Å². The van der Waals surface area contributed by atoms with E-state index in [0.29, 0.717) is 23.9 Å². The summed E-state index contributed by atoms with van der Waals surface area (Å²) in [6.07, 6.45) is 0.617. The molecule has 0 aliphatic heterocycles. The minimum atomic E-state index is -0.355. The van der Waals surface area contributed by atoms with Gasteiger partial charge in [-0.25, -0.2) is 0 Å². The number of carbonyl (C=O) groups is 1. The maximum Gasteiger partial charge on any atom is 0.319 e. The smallest absolute Gasteiger partial charge is 0.319 e. The largest absolute Gasteiger partial charge is 0.508 e. The van der Waals surface area contributed by atoms with Gasteiger partial charge in [0.25, 0.3) is 0 Å². The zero-order valence-electron chi connectivity index (χ0n) is 11.8. The number of phenolic OH excluding ortho intramolecular Hbond substituents is 1. The number of esters is 1. The van der Waals surface area contributed by atoms with Crippen LogP contribution in [0.3, 0.4) is 0 Å². The molecular formula is C13H16N4O3S. The minimum Gasteiger partial charge on any atom is -0.508 e. The Hall–Kier alpha value is -2.09. The van der Waals surface area contributed by atoms with E-state index in [0.717, 1.165) is 0 Å². The second-order valence-corrected chi connectivity index (χ2v) is 5.33. The number of benzene rings is 1. The maximum atomic E-state index is 11.8. The highest BCUT2D eigenvalue weighted by Gasteiger charge is 2.22. The lowest BCUT2D eigenvalue weighted by Crippen LogP contribution is -2.20. The number of aromatic hydroxyl groups is 1. The van der Waals surface area contributed by atoms with Gasteiger partial charge in [-0.05, 0) is 48.0 Å². The van der Waals surface area contributed by atoms with Gasteiger partial charge in [-0.2, -0.15) is 4.68 Å². The fourth-order valence-electron chi connectivity index (χ4n) is 1.67. The molecule has 1 aromatic heterocycles. The van der Waals surface area contributed by atoms with E-state index in [-0.39, 0.29) is 17.0 Å². The molecule has 7 nitrogen and oxygen atoms in total. The molecule has 1 atom stereocenters. The Labute approximate surface area is 126 Å². The quantitative estimate of drug-likeness (QED) is 0.642. The Bertz CT molecular complexity index is 600. The topological polar surface area (TPSA) is 90.1 Å². The van der Waals surface area contributed by atoms with Gasteiger partial charge < -0.3 is 9.84 Å². The van der Waals surface area contributed by atoms with Gasteiger partial charge in [-0.15, -0.1) is 5.10 Å². The van der Waals surface area contributed by atoms with Gasteiger partial charge in [0.15, 0.2) is 0 Å². The van der Waals surface area contributed by atoms with Crippen molar-refractivity contribution in [3.05, 3.63) is 24.3 Å². The van der Waals surface area contributed by atoms with Crippen molar-refractivity contribution in [2.24, 2.45) is 0 Å². The summed E-state index contributed by atoms with van der Waals surface area (Å²) in [5.41, 5.74) is 0.707. The second-order valence-electron chi connectivity index (χ2n) is 4.16. The lowest BCUT2D eigenvalue weighted by atomic mass is 10.3. The van der Waals surface area contributed by atoms with Crippen molar-refractivity contribution >= 4 is 17.7 Å². The second kappa shape index (κ2) is 7.07. The van der Waals surface area contributed by atoms with Gasteiger partial charge in [0.2, 0.25) is 5.16 Å². The number of phenols is 1. The van der Waals surface area contributed by atoms with Crippen molar-refractivity contribution in [2.75, 3.05) is 6.61 Å². The van der Waals surface area contributed by atoms with Crippen LogP contribution in [0.5, 0.6) is 5.75 Å². The molecule has 1 N–H and O–H groups in total. The summed E-state index contributed by atoms with van der Waals surface area (Å²) < 4.78 is 6.55. The van der Waals surface area contributed by atoms with E-state index in [2.05, 4.69) is 15.5 Å². The summed E-state index contributed by atoms with van der Waals surface area (Å²) in [5.74, 6) is -0.107. The van der Waals surface area contributed by atoms with Crippen LogP contribution in [0.25, 0.3) is 5.69 Å². The molecule has 0 radical (unpaired) electrons. The fourth-order valence-corrected chi connectivity index (χ4v) is 2.58. The molecule has 2 rings (SSSR count). The van der Waals surface area contributed by atoms with Gasteiger partial charge in [0.1, 0.15) is 11.0 Å². The van der Waals surface area contributed by atoms with Crippen molar-refractivity contribution in [1.82, 2.24) is 20.2 Å². The van der Waals surface area contributed by atoms with Crippen LogP contribution in [0.2, 0.25) is 0 Å². The molecule has 21 heavy (non-hydrogen) atoms.